The molecule has 0 N–H and O–H groups in total. The summed E-state index contributed by atoms with van der Waals surface area (Å²) < 4.78 is 39.3. The third kappa shape index (κ3) is 2.77. The van der Waals surface area contributed by atoms with Crippen LogP contribution in [0.2, 0.25) is 0 Å². The second kappa shape index (κ2) is 4.36. The van der Waals surface area contributed by atoms with E-state index >= 15 is 0 Å². The van der Waals surface area contributed by atoms with Gasteiger partial charge in [0.2, 0.25) is 5.72 Å². The molecule has 0 amide bonds. The number of alkyl halides is 3. The van der Waals surface area contributed by atoms with Crippen molar-refractivity contribution < 1.29 is 18.0 Å². The predicted octanol–water partition coefficient (Wildman–Crippen LogP) is 3.47. The van der Waals surface area contributed by atoms with Gasteiger partial charge in [0, 0.05) is 5.56 Å². The zero-order valence-electron chi connectivity index (χ0n) is 10.7. The molecule has 6 heteroatoms. The maximum Gasteiger partial charge on any atom is 0.435 e. The minimum absolute atomic E-state index is 0.273. The average molecular weight is 270 g/mol. The number of rotatable bonds is 1. The molecule has 102 valence electrons. The first kappa shape index (κ1) is 13.6. The lowest BCUT2D eigenvalue weighted by atomic mass is 10.00. The van der Waals surface area contributed by atoms with Crippen LogP contribution >= 0.6 is 0 Å². The van der Waals surface area contributed by atoms with E-state index in [1.54, 1.807) is 31.2 Å². The molecule has 0 bridgehead atoms. The monoisotopic (exact) mass is 270 g/mol. The summed E-state index contributed by atoms with van der Waals surface area (Å²) in [4.78, 5) is 8.64. The summed E-state index contributed by atoms with van der Waals surface area (Å²) in [5.74, 6) is 0. The maximum absolute atomic E-state index is 13.1. The third-order valence-electron chi connectivity index (χ3n) is 2.63. The summed E-state index contributed by atoms with van der Waals surface area (Å²) in [5.41, 5.74) is -1.53. The zero-order chi connectivity index (χ0) is 14.3. The Morgan fingerprint density at radius 1 is 1.16 bits per heavy atom. The molecule has 0 saturated heterocycles. The van der Waals surface area contributed by atoms with Gasteiger partial charge in [-0.1, -0.05) is 29.4 Å². The van der Waals surface area contributed by atoms with Crippen molar-refractivity contribution in [3.8, 4) is 0 Å². The molecule has 1 aliphatic rings. The highest BCUT2D eigenvalue weighted by molar-refractivity contribution is 6.50. The van der Waals surface area contributed by atoms with Crippen LogP contribution in [0.1, 0.15) is 25.0 Å². The Balaban J connectivity index is 2.55. The topological polar surface area (TPSA) is 34.0 Å². The van der Waals surface area contributed by atoms with Crippen LogP contribution in [-0.4, -0.2) is 23.3 Å². The Labute approximate surface area is 108 Å². The van der Waals surface area contributed by atoms with Crippen molar-refractivity contribution >= 4 is 11.4 Å². The van der Waals surface area contributed by atoms with E-state index in [1.807, 2.05) is 0 Å². The molecule has 2 rings (SSSR count). The summed E-state index contributed by atoms with van der Waals surface area (Å²) in [6, 6.07) is 6.68. The molecule has 3 nitrogen and oxygen atoms in total. The van der Waals surface area contributed by atoms with E-state index in [0.29, 0.717) is 11.1 Å². The molecule has 0 fully saturated rings. The van der Waals surface area contributed by atoms with E-state index in [9.17, 15) is 13.2 Å². The summed E-state index contributed by atoms with van der Waals surface area (Å²) in [5, 5.41) is 3.63. The Morgan fingerprint density at radius 3 is 2.37 bits per heavy atom. The lowest BCUT2D eigenvalue weighted by molar-refractivity contribution is -0.0652. The van der Waals surface area contributed by atoms with Gasteiger partial charge in [-0.15, -0.1) is 0 Å². The first-order valence-corrected chi connectivity index (χ1v) is 5.70. The molecule has 0 spiro atoms. The summed E-state index contributed by atoms with van der Waals surface area (Å²) in [7, 11) is 0. The van der Waals surface area contributed by atoms with Crippen LogP contribution in [0.3, 0.4) is 0 Å². The van der Waals surface area contributed by atoms with Crippen molar-refractivity contribution in [1.29, 1.82) is 0 Å². The van der Waals surface area contributed by atoms with Crippen LogP contribution < -0.4 is 0 Å². The van der Waals surface area contributed by atoms with Crippen LogP contribution in [0.4, 0.5) is 13.2 Å². The van der Waals surface area contributed by atoms with Gasteiger partial charge in [0.15, 0.2) is 5.71 Å². The predicted molar refractivity (Wildman–Crippen MR) is 66.4 cm³/mol. The van der Waals surface area contributed by atoms with Crippen LogP contribution in [-0.2, 0) is 4.84 Å². The van der Waals surface area contributed by atoms with Gasteiger partial charge in [-0.25, -0.2) is 4.99 Å². The molecule has 0 atom stereocenters. The third-order valence-corrected chi connectivity index (χ3v) is 2.63. The average Bonchev–Trinajstić information content (AvgIpc) is 2.28. The fourth-order valence-corrected chi connectivity index (χ4v) is 1.76. The fourth-order valence-electron chi connectivity index (χ4n) is 1.76. The quantitative estimate of drug-likeness (QED) is 0.769. The Hall–Kier alpha value is -1.85. The molecule has 1 heterocycles. The van der Waals surface area contributed by atoms with Crippen LogP contribution in [0.15, 0.2) is 34.4 Å². The van der Waals surface area contributed by atoms with Gasteiger partial charge in [-0.2, -0.15) is 13.2 Å². The summed E-state index contributed by atoms with van der Waals surface area (Å²) in [6.07, 6.45) is -4.57. The second-order valence-electron chi connectivity index (χ2n) is 4.75. The van der Waals surface area contributed by atoms with Crippen LogP contribution in [0.5, 0.6) is 0 Å². The number of aliphatic imine (C=N–C) groups is 1. The Morgan fingerprint density at radius 2 is 1.79 bits per heavy atom. The van der Waals surface area contributed by atoms with E-state index in [-0.39, 0.29) is 5.71 Å². The molecule has 1 aromatic rings. The van der Waals surface area contributed by atoms with E-state index in [4.69, 9.17) is 4.84 Å². The highest BCUT2D eigenvalue weighted by Gasteiger charge is 2.44. The van der Waals surface area contributed by atoms with E-state index in [2.05, 4.69) is 10.1 Å². The molecule has 0 saturated carbocycles. The van der Waals surface area contributed by atoms with Crippen LogP contribution in [0, 0.1) is 6.92 Å². The standard InChI is InChI=1S/C13H13F3N2O/c1-8-6-4-5-7-9(8)10-11(13(14,15)16)17-12(2,3)19-18-10/h4-7H,1-3H3. The van der Waals surface area contributed by atoms with Gasteiger partial charge in [-0.3, -0.25) is 0 Å². The number of benzene rings is 1. The summed E-state index contributed by atoms with van der Waals surface area (Å²) >= 11 is 0. The minimum Gasteiger partial charge on any atom is -0.365 e. The Bertz CT molecular complexity index is 559. The smallest absolute Gasteiger partial charge is 0.365 e. The van der Waals surface area contributed by atoms with Crippen molar-refractivity contribution in [3.05, 3.63) is 35.4 Å². The molecule has 0 radical (unpaired) electrons. The Kier molecular flexibility index (Phi) is 3.12. The van der Waals surface area contributed by atoms with Crippen molar-refractivity contribution in [3.63, 3.8) is 0 Å². The normalized spacial score (nSPS) is 18.4. The molecule has 0 aliphatic carbocycles. The van der Waals surface area contributed by atoms with Crippen molar-refractivity contribution in [2.75, 3.05) is 0 Å². The molecule has 1 aliphatic heterocycles. The zero-order valence-corrected chi connectivity index (χ0v) is 10.7. The van der Waals surface area contributed by atoms with Gasteiger partial charge in [0.1, 0.15) is 5.71 Å². The fraction of sp³-hybridized carbons (Fsp3) is 0.385. The van der Waals surface area contributed by atoms with Gasteiger partial charge < -0.3 is 4.84 Å². The van der Waals surface area contributed by atoms with Crippen molar-refractivity contribution in [1.82, 2.24) is 0 Å². The van der Waals surface area contributed by atoms with Gasteiger partial charge in [0.05, 0.1) is 0 Å². The molecule has 19 heavy (non-hydrogen) atoms. The number of aryl methyl sites for hydroxylation is 1. The van der Waals surface area contributed by atoms with E-state index in [1.165, 1.54) is 13.8 Å². The lowest BCUT2D eigenvalue weighted by Gasteiger charge is -2.26. The maximum atomic E-state index is 13.1. The van der Waals surface area contributed by atoms with Gasteiger partial charge in [0.25, 0.3) is 0 Å². The lowest BCUT2D eigenvalue weighted by Crippen LogP contribution is -2.39. The molecule has 0 aromatic heterocycles. The van der Waals surface area contributed by atoms with Gasteiger partial charge in [-0.05, 0) is 26.3 Å². The highest BCUT2D eigenvalue weighted by Crippen LogP contribution is 2.28. The molecular formula is C13H13F3N2O. The number of hydrogen-bond donors (Lipinski definition) is 0. The van der Waals surface area contributed by atoms with Crippen molar-refractivity contribution in [2.24, 2.45) is 10.1 Å². The molecular weight excluding hydrogens is 257 g/mol. The number of oxime groups is 1. The summed E-state index contributed by atoms with van der Waals surface area (Å²) in [6.45, 7) is 4.57. The second-order valence-corrected chi connectivity index (χ2v) is 4.75. The van der Waals surface area contributed by atoms with Gasteiger partial charge >= 0.3 is 6.18 Å². The number of hydrogen-bond acceptors (Lipinski definition) is 3. The van der Waals surface area contributed by atoms with E-state index < -0.39 is 17.6 Å². The first-order valence-electron chi connectivity index (χ1n) is 5.70. The van der Waals surface area contributed by atoms with Crippen molar-refractivity contribution in [2.45, 2.75) is 32.7 Å². The molecule has 0 unspecified atom stereocenters. The molecule has 1 aromatic carbocycles. The number of nitrogens with zero attached hydrogens (tertiary/aromatic N) is 2. The number of halogens is 3. The van der Waals surface area contributed by atoms with E-state index in [0.717, 1.165) is 0 Å². The first-order chi connectivity index (χ1) is 8.71. The minimum atomic E-state index is -4.57. The largest absolute Gasteiger partial charge is 0.435 e. The van der Waals surface area contributed by atoms with Crippen LogP contribution in [0.25, 0.3) is 0 Å². The SMILES string of the molecule is Cc1ccccc1C1=NOC(C)(C)N=C1C(F)(F)F. The highest BCUT2D eigenvalue weighted by atomic mass is 19.4.